The molecule has 0 aliphatic heterocycles. The van der Waals surface area contributed by atoms with Crippen molar-refractivity contribution >= 4 is 28.2 Å². The number of rotatable bonds is 2. The lowest BCUT2D eigenvalue weighted by atomic mass is 10.2. The zero-order valence-electron chi connectivity index (χ0n) is 9.62. The van der Waals surface area contributed by atoms with E-state index in [0.717, 1.165) is 21.6 Å². The number of carbonyl (C=O) groups excluding carboxylic acids is 1. The molecule has 0 bridgehead atoms. The molecule has 4 nitrogen and oxygen atoms in total. The number of hydrogen-bond donors (Lipinski definition) is 0. The second-order valence-corrected chi connectivity index (χ2v) is 4.88. The quantitative estimate of drug-likeness (QED) is 0.661. The summed E-state index contributed by atoms with van der Waals surface area (Å²) in [6.45, 7) is 1.54. The summed E-state index contributed by atoms with van der Waals surface area (Å²) in [5.41, 5.74) is 2.64. The molecule has 0 saturated carbocycles. The summed E-state index contributed by atoms with van der Waals surface area (Å²) in [4.78, 5) is 24.7. The highest BCUT2D eigenvalue weighted by Crippen LogP contribution is 2.27. The van der Waals surface area contributed by atoms with Gasteiger partial charge in [0, 0.05) is 31.1 Å². The topological polar surface area (TPSA) is 55.7 Å². The molecule has 0 atom stereocenters. The third kappa shape index (κ3) is 1.89. The van der Waals surface area contributed by atoms with Crippen LogP contribution in [0, 0.1) is 0 Å². The molecule has 1 aromatic carbocycles. The van der Waals surface area contributed by atoms with Gasteiger partial charge in [0.1, 0.15) is 5.01 Å². The summed E-state index contributed by atoms with van der Waals surface area (Å²) in [6, 6.07) is 5.79. The van der Waals surface area contributed by atoms with E-state index in [9.17, 15) is 4.79 Å². The molecule has 0 unspecified atom stereocenters. The van der Waals surface area contributed by atoms with Gasteiger partial charge in [-0.15, -0.1) is 11.3 Å². The lowest BCUT2D eigenvalue weighted by molar-refractivity contribution is 0.102. The average molecular weight is 255 g/mol. The molecule has 3 aromatic rings. The number of benzene rings is 1. The first-order chi connectivity index (χ1) is 8.74. The molecule has 0 fully saturated rings. The Labute approximate surface area is 107 Å². The highest BCUT2D eigenvalue weighted by Gasteiger charge is 2.08. The average Bonchev–Trinajstić information content (AvgIpc) is 2.88. The minimum absolute atomic E-state index is 0.0410. The van der Waals surface area contributed by atoms with Gasteiger partial charge in [-0.25, -0.2) is 4.98 Å². The minimum Gasteiger partial charge on any atom is -0.294 e. The van der Waals surface area contributed by atoms with Crippen LogP contribution in [0.3, 0.4) is 0 Å². The van der Waals surface area contributed by atoms with Crippen LogP contribution in [-0.4, -0.2) is 20.7 Å². The first-order valence-corrected chi connectivity index (χ1v) is 6.23. The zero-order valence-corrected chi connectivity index (χ0v) is 10.4. The first kappa shape index (κ1) is 11.0. The summed E-state index contributed by atoms with van der Waals surface area (Å²) < 4.78 is 0. The first-order valence-electron chi connectivity index (χ1n) is 5.42. The van der Waals surface area contributed by atoms with Crippen LogP contribution in [0.5, 0.6) is 0 Å². The van der Waals surface area contributed by atoms with Crippen molar-refractivity contribution < 1.29 is 4.79 Å². The predicted octanol–water partition coefficient (Wildman–Crippen LogP) is 2.96. The van der Waals surface area contributed by atoms with Crippen LogP contribution >= 0.6 is 11.3 Å². The summed E-state index contributed by atoms with van der Waals surface area (Å²) in [6.07, 6.45) is 4.94. The fourth-order valence-electron chi connectivity index (χ4n) is 1.67. The van der Waals surface area contributed by atoms with E-state index >= 15 is 0 Å². The number of aromatic nitrogens is 3. The van der Waals surface area contributed by atoms with Gasteiger partial charge in [-0.2, -0.15) is 0 Å². The molecule has 2 heterocycles. The Bertz CT molecular complexity index is 736. The van der Waals surface area contributed by atoms with Gasteiger partial charge in [-0.3, -0.25) is 14.8 Å². The van der Waals surface area contributed by atoms with E-state index in [1.807, 2.05) is 18.2 Å². The molecule has 0 spiro atoms. The van der Waals surface area contributed by atoms with Crippen LogP contribution in [-0.2, 0) is 0 Å². The van der Waals surface area contributed by atoms with Gasteiger partial charge < -0.3 is 0 Å². The van der Waals surface area contributed by atoms with E-state index in [2.05, 4.69) is 15.0 Å². The number of thiazole rings is 1. The molecular weight excluding hydrogens is 246 g/mol. The highest BCUT2D eigenvalue weighted by molar-refractivity contribution is 7.16. The standard InChI is InChI=1S/C13H9N3OS/c1-8(17)12-7-16-13(18-12)9-2-3-10-11(6-9)15-5-4-14-10/h2-7H,1H3. The van der Waals surface area contributed by atoms with Crippen LogP contribution in [0.15, 0.2) is 36.8 Å². The molecule has 0 aliphatic carbocycles. The van der Waals surface area contributed by atoms with Crippen molar-refractivity contribution in [3.05, 3.63) is 41.7 Å². The molecule has 0 aliphatic rings. The molecule has 0 saturated heterocycles. The van der Waals surface area contributed by atoms with Gasteiger partial charge >= 0.3 is 0 Å². The molecule has 18 heavy (non-hydrogen) atoms. The minimum atomic E-state index is 0.0410. The van der Waals surface area contributed by atoms with Crippen molar-refractivity contribution in [2.24, 2.45) is 0 Å². The van der Waals surface area contributed by atoms with Crippen LogP contribution in [0.4, 0.5) is 0 Å². The van der Waals surface area contributed by atoms with E-state index in [1.54, 1.807) is 25.5 Å². The summed E-state index contributed by atoms with van der Waals surface area (Å²) in [5, 5.41) is 0.827. The number of nitrogens with zero attached hydrogens (tertiary/aromatic N) is 3. The monoisotopic (exact) mass is 255 g/mol. The second-order valence-electron chi connectivity index (χ2n) is 3.85. The Morgan fingerprint density at radius 3 is 2.61 bits per heavy atom. The van der Waals surface area contributed by atoms with Crippen molar-refractivity contribution in [3.8, 4) is 10.6 Å². The number of carbonyl (C=O) groups is 1. The van der Waals surface area contributed by atoms with Gasteiger partial charge in [0.15, 0.2) is 5.78 Å². The number of hydrogen-bond acceptors (Lipinski definition) is 5. The Balaban J connectivity index is 2.10. The molecule has 0 amide bonds. The smallest absolute Gasteiger partial charge is 0.171 e. The Morgan fingerprint density at radius 1 is 1.11 bits per heavy atom. The highest BCUT2D eigenvalue weighted by atomic mass is 32.1. The molecule has 0 radical (unpaired) electrons. The van der Waals surface area contributed by atoms with E-state index in [4.69, 9.17) is 0 Å². The Morgan fingerprint density at radius 2 is 1.89 bits per heavy atom. The summed E-state index contributed by atoms with van der Waals surface area (Å²) in [5.74, 6) is 0.0410. The Hall–Kier alpha value is -2.14. The number of ketones is 1. The summed E-state index contributed by atoms with van der Waals surface area (Å²) in [7, 11) is 0. The SMILES string of the molecule is CC(=O)c1cnc(-c2ccc3nccnc3c2)s1. The maximum atomic E-state index is 11.3. The van der Waals surface area contributed by atoms with Gasteiger partial charge in [0.25, 0.3) is 0 Å². The van der Waals surface area contributed by atoms with Gasteiger partial charge in [0.05, 0.1) is 15.9 Å². The number of fused-ring (bicyclic) bond motifs is 1. The van der Waals surface area contributed by atoms with Crippen molar-refractivity contribution in [2.45, 2.75) is 6.92 Å². The van der Waals surface area contributed by atoms with Crippen LogP contribution in [0.1, 0.15) is 16.6 Å². The third-order valence-corrected chi connectivity index (χ3v) is 3.72. The fraction of sp³-hybridized carbons (Fsp3) is 0.0769. The fourth-order valence-corrected chi connectivity index (χ4v) is 2.47. The Kier molecular flexibility index (Phi) is 2.60. The second kappa shape index (κ2) is 4.27. The largest absolute Gasteiger partial charge is 0.294 e. The van der Waals surface area contributed by atoms with E-state index in [0.29, 0.717) is 4.88 Å². The maximum Gasteiger partial charge on any atom is 0.171 e. The maximum absolute atomic E-state index is 11.3. The van der Waals surface area contributed by atoms with Crippen molar-refractivity contribution in [1.82, 2.24) is 15.0 Å². The molecular formula is C13H9N3OS. The molecule has 88 valence electrons. The van der Waals surface area contributed by atoms with Gasteiger partial charge in [-0.05, 0) is 18.2 Å². The van der Waals surface area contributed by atoms with E-state index < -0.39 is 0 Å². The van der Waals surface area contributed by atoms with E-state index in [-0.39, 0.29) is 5.78 Å². The van der Waals surface area contributed by atoms with Crippen molar-refractivity contribution in [2.75, 3.05) is 0 Å². The predicted molar refractivity (Wildman–Crippen MR) is 70.7 cm³/mol. The third-order valence-electron chi connectivity index (χ3n) is 2.57. The van der Waals surface area contributed by atoms with Crippen LogP contribution < -0.4 is 0 Å². The summed E-state index contributed by atoms with van der Waals surface area (Å²) >= 11 is 1.39. The zero-order chi connectivity index (χ0) is 12.5. The molecule has 2 aromatic heterocycles. The van der Waals surface area contributed by atoms with Gasteiger partial charge in [-0.1, -0.05) is 0 Å². The lowest BCUT2D eigenvalue weighted by Gasteiger charge is -1.98. The molecule has 3 rings (SSSR count). The van der Waals surface area contributed by atoms with Crippen LogP contribution in [0.2, 0.25) is 0 Å². The molecule has 0 N–H and O–H groups in total. The van der Waals surface area contributed by atoms with Gasteiger partial charge in [0.2, 0.25) is 0 Å². The van der Waals surface area contributed by atoms with Crippen LogP contribution in [0.25, 0.3) is 21.6 Å². The van der Waals surface area contributed by atoms with Crippen molar-refractivity contribution in [1.29, 1.82) is 0 Å². The van der Waals surface area contributed by atoms with Crippen molar-refractivity contribution in [3.63, 3.8) is 0 Å². The number of Topliss-reactive ketones (excluding diaryl/α,β-unsaturated/α-hetero) is 1. The molecule has 5 heteroatoms. The lowest BCUT2D eigenvalue weighted by Crippen LogP contribution is -1.83. The van der Waals surface area contributed by atoms with E-state index in [1.165, 1.54) is 11.3 Å². The normalized spacial score (nSPS) is 10.7.